The molecule has 3 aromatic heterocycles. The number of imidazole rings is 1. The number of para-hydroxylation sites is 1. The molecular formula is C19H13Cl2N3O3. The van der Waals surface area contributed by atoms with Crippen LogP contribution < -0.4 is 10.9 Å². The first-order valence-electron chi connectivity index (χ1n) is 8.15. The SMILES string of the molecule is O=C(NCCc1cn2cc(Cl)cc(Cl)c2n1)c1cc2ccccc2oc1=O. The van der Waals surface area contributed by atoms with Crippen LogP contribution in [0.2, 0.25) is 10.0 Å². The van der Waals surface area contributed by atoms with E-state index in [1.165, 1.54) is 6.07 Å². The second-order valence-electron chi connectivity index (χ2n) is 5.96. The molecule has 0 atom stereocenters. The first kappa shape index (κ1) is 17.6. The zero-order chi connectivity index (χ0) is 19.0. The number of fused-ring (bicyclic) bond motifs is 2. The molecule has 0 bridgehead atoms. The Morgan fingerprint density at radius 3 is 2.85 bits per heavy atom. The highest BCUT2D eigenvalue weighted by Gasteiger charge is 2.14. The van der Waals surface area contributed by atoms with Gasteiger partial charge < -0.3 is 14.1 Å². The Morgan fingerprint density at radius 1 is 1.19 bits per heavy atom. The molecule has 0 fully saturated rings. The quantitative estimate of drug-likeness (QED) is 0.528. The average Bonchev–Trinajstić information content (AvgIpc) is 3.04. The Labute approximate surface area is 163 Å². The van der Waals surface area contributed by atoms with Crippen molar-refractivity contribution in [2.24, 2.45) is 0 Å². The molecular weight excluding hydrogens is 389 g/mol. The molecule has 3 heterocycles. The minimum Gasteiger partial charge on any atom is -0.422 e. The number of carbonyl (C=O) groups is 1. The van der Waals surface area contributed by atoms with Crippen molar-refractivity contribution in [1.82, 2.24) is 14.7 Å². The summed E-state index contributed by atoms with van der Waals surface area (Å²) in [6.45, 7) is 0.306. The number of aromatic nitrogens is 2. The van der Waals surface area contributed by atoms with Crippen LogP contribution in [0, 0.1) is 0 Å². The largest absolute Gasteiger partial charge is 0.422 e. The number of nitrogens with one attached hydrogen (secondary N) is 1. The molecule has 4 aromatic rings. The van der Waals surface area contributed by atoms with Gasteiger partial charge in [-0.25, -0.2) is 9.78 Å². The summed E-state index contributed by atoms with van der Waals surface area (Å²) in [6.07, 6.45) is 3.97. The van der Waals surface area contributed by atoms with E-state index in [0.29, 0.717) is 39.6 Å². The lowest BCUT2D eigenvalue weighted by Gasteiger charge is -2.04. The lowest BCUT2D eigenvalue weighted by atomic mass is 10.2. The number of rotatable bonds is 4. The molecule has 4 rings (SSSR count). The highest BCUT2D eigenvalue weighted by molar-refractivity contribution is 6.36. The number of hydrogen-bond acceptors (Lipinski definition) is 4. The third-order valence-electron chi connectivity index (χ3n) is 4.08. The third kappa shape index (κ3) is 3.54. The number of halogens is 2. The van der Waals surface area contributed by atoms with Crippen molar-refractivity contribution in [1.29, 1.82) is 0 Å². The van der Waals surface area contributed by atoms with Crippen LogP contribution in [0.5, 0.6) is 0 Å². The van der Waals surface area contributed by atoms with Gasteiger partial charge in [0.2, 0.25) is 0 Å². The van der Waals surface area contributed by atoms with Crippen molar-refractivity contribution in [3.8, 4) is 0 Å². The van der Waals surface area contributed by atoms with Crippen molar-refractivity contribution in [3.63, 3.8) is 0 Å². The Morgan fingerprint density at radius 2 is 2.00 bits per heavy atom. The maximum Gasteiger partial charge on any atom is 0.349 e. The number of amides is 1. The predicted octanol–water partition coefficient (Wildman–Crippen LogP) is 3.72. The van der Waals surface area contributed by atoms with E-state index in [2.05, 4.69) is 10.3 Å². The van der Waals surface area contributed by atoms with Crippen molar-refractivity contribution in [2.75, 3.05) is 6.54 Å². The van der Waals surface area contributed by atoms with Gasteiger partial charge in [0, 0.05) is 30.7 Å². The molecule has 0 saturated carbocycles. The molecule has 0 aliphatic rings. The molecule has 8 heteroatoms. The number of nitrogens with zero attached hydrogens (tertiary/aromatic N) is 2. The summed E-state index contributed by atoms with van der Waals surface area (Å²) < 4.78 is 6.92. The van der Waals surface area contributed by atoms with E-state index in [9.17, 15) is 9.59 Å². The Bertz CT molecular complexity index is 1230. The summed E-state index contributed by atoms with van der Waals surface area (Å²) in [6, 6.07) is 10.2. The van der Waals surface area contributed by atoms with Crippen LogP contribution in [0.25, 0.3) is 16.6 Å². The summed E-state index contributed by atoms with van der Waals surface area (Å²) in [5, 5.41) is 4.36. The van der Waals surface area contributed by atoms with Crippen molar-refractivity contribution in [3.05, 3.63) is 80.5 Å². The van der Waals surface area contributed by atoms with Crippen LogP contribution in [0.15, 0.2) is 58.0 Å². The molecule has 0 aliphatic heterocycles. The van der Waals surface area contributed by atoms with Crippen LogP contribution in [-0.2, 0) is 6.42 Å². The Kier molecular flexibility index (Phi) is 4.59. The highest BCUT2D eigenvalue weighted by atomic mass is 35.5. The lowest BCUT2D eigenvalue weighted by Crippen LogP contribution is -2.29. The standard InChI is InChI=1S/C19H13Cl2N3O3/c20-12-8-15(21)17-23-13(10-24(17)9-12)5-6-22-18(25)14-7-11-3-1-2-4-16(11)27-19(14)26/h1-4,7-10H,5-6H2,(H,22,25). The summed E-state index contributed by atoms with van der Waals surface area (Å²) >= 11 is 12.1. The van der Waals surface area contributed by atoms with E-state index in [0.717, 1.165) is 5.69 Å². The van der Waals surface area contributed by atoms with Gasteiger partial charge in [0.25, 0.3) is 5.91 Å². The summed E-state index contributed by atoms with van der Waals surface area (Å²) in [4.78, 5) is 28.8. The maximum atomic E-state index is 12.3. The van der Waals surface area contributed by atoms with E-state index in [1.54, 1.807) is 41.1 Å². The number of benzene rings is 1. The molecule has 1 amide bonds. The molecule has 0 radical (unpaired) electrons. The zero-order valence-corrected chi connectivity index (χ0v) is 15.4. The fourth-order valence-electron chi connectivity index (χ4n) is 2.82. The van der Waals surface area contributed by atoms with E-state index in [1.807, 2.05) is 6.07 Å². The zero-order valence-electron chi connectivity index (χ0n) is 13.9. The van der Waals surface area contributed by atoms with Crippen molar-refractivity contribution < 1.29 is 9.21 Å². The van der Waals surface area contributed by atoms with Crippen LogP contribution >= 0.6 is 23.2 Å². The molecule has 27 heavy (non-hydrogen) atoms. The monoisotopic (exact) mass is 401 g/mol. The highest BCUT2D eigenvalue weighted by Crippen LogP contribution is 2.21. The number of hydrogen-bond donors (Lipinski definition) is 1. The van der Waals surface area contributed by atoms with E-state index < -0.39 is 11.5 Å². The molecule has 1 aromatic carbocycles. The van der Waals surface area contributed by atoms with Crippen molar-refractivity contribution in [2.45, 2.75) is 6.42 Å². The van der Waals surface area contributed by atoms with E-state index in [4.69, 9.17) is 27.6 Å². The minimum atomic E-state index is -0.666. The molecule has 0 spiro atoms. The second kappa shape index (κ2) is 7.06. The average molecular weight is 402 g/mol. The van der Waals surface area contributed by atoms with Gasteiger partial charge in [-0.2, -0.15) is 0 Å². The molecule has 136 valence electrons. The summed E-state index contributed by atoms with van der Waals surface area (Å²) in [5.41, 5.74) is 1.08. The van der Waals surface area contributed by atoms with Gasteiger partial charge in [0.1, 0.15) is 11.1 Å². The minimum absolute atomic E-state index is 0.0291. The maximum absolute atomic E-state index is 12.3. The number of pyridine rings is 1. The summed E-state index contributed by atoms with van der Waals surface area (Å²) in [7, 11) is 0. The van der Waals surface area contributed by atoms with E-state index >= 15 is 0 Å². The fourth-order valence-corrected chi connectivity index (χ4v) is 3.34. The van der Waals surface area contributed by atoms with Crippen molar-refractivity contribution >= 4 is 45.7 Å². The molecule has 0 unspecified atom stereocenters. The Balaban J connectivity index is 1.48. The fraction of sp³-hybridized carbons (Fsp3) is 0.105. The van der Waals surface area contributed by atoms with Gasteiger partial charge >= 0.3 is 5.63 Å². The van der Waals surface area contributed by atoms with Crippen LogP contribution in [0.3, 0.4) is 0 Å². The van der Waals surface area contributed by atoms with E-state index in [-0.39, 0.29) is 5.56 Å². The summed E-state index contributed by atoms with van der Waals surface area (Å²) in [5.74, 6) is -0.487. The van der Waals surface area contributed by atoms with Gasteiger partial charge in [-0.3, -0.25) is 4.79 Å². The number of carbonyl (C=O) groups excluding carboxylic acids is 1. The Hall–Kier alpha value is -2.83. The molecule has 1 N–H and O–H groups in total. The molecule has 0 aliphatic carbocycles. The topological polar surface area (TPSA) is 76.6 Å². The first-order chi connectivity index (χ1) is 13.0. The van der Waals surface area contributed by atoms with Crippen LogP contribution in [0.1, 0.15) is 16.1 Å². The van der Waals surface area contributed by atoms with Gasteiger partial charge in [-0.05, 0) is 18.2 Å². The van der Waals surface area contributed by atoms with Crippen LogP contribution in [0.4, 0.5) is 0 Å². The predicted molar refractivity (Wildman–Crippen MR) is 104 cm³/mol. The second-order valence-corrected chi connectivity index (χ2v) is 6.80. The third-order valence-corrected chi connectivity index (χ3v) is 4.56. The molecule has 0 saturated heterocycles. The smallest absolute Gasteiger partial charge is 0.349 e. The first-order valence-corrected chi connectivity index (χ1v) is 8.90. The normalized spacial score (nSPS) is 11.2. The van der Waals surface area contributed by atoms with Crippen LogP contribution in [-0.4, -0.2) is 21.8 Å². The van der Waals surface area contributed by atoms with Gasteiger partial charge in [0.15, 0.2) is 5.65 Å². The molecule has 6 nitrogen and oxygen atoms in total. The van der Waals surface area contributed by atoms with Gasteiger partial charge in [-0.15, -0.1) is 0 Å². The lowest BCUT2D eigenvalue weighted by molar-refractivity contribution is 0.0950. The van der Waals surface area contributed by atoms with Gasteiger partial charge in [0.05, 0.1) is 15.7 Å². The van der Waals surface area contributed by atoms with Gasteiger partial charge in [-0.1, -0.05) is 41.4 Å².